The summed E-state index contributed by atoms with van der Waals surface area (Å²) in [6, 6.07) is 11.4. The first-order chi connectivity index (χ1) is 14.0. The number of methoxy groups -OCH3 is 1. The summed E-state index contributed by atoms with van der Waals surface area (Å²) < 4.78 is 10.2. The lowest BCUT2D eigenvalue weighted by Gasteiger charge is -2.20. The third-order valence-corrected chi connectivity index (χ3v) is 4.30. The SMILES string of the molecule is COC(=O)[C@H](Cc1ccc(C(=O)OC(C)(C)C)cc1)NC(=O)c1cc(C)cc(C)c1. The normalized spacial score (nSPS) is 12.1. The fourth-order valence-electron chi connectivity index (χ4n) is 3.03. The van der Waals surface area contributed by atoms with Gasteiger partial charge in [0.1, 0.15) is 11.6 Å². The predicted octanol–water partition coefficient (Wildman–Crippen LogP) is 3.77. The van der Waals surface area contributed by atoms with Crippen LogP contribution < -0.4 is 5.32 Å². The highest BCUT2D eigenvalue weighted by atomic mass is 16.6. The van der Waals surface area contributed by atoms with Gasteiger partial charge in [0.2, 0.25) is 0 Å². The van der Waals surface area contributed by atoms with E-state index in [-0.39, 0.29) is 12.3 Å². The molecule has 1 N–H and O–H groups in total. The molecule has 2 rings (SSSR count). The van der Waals surface area contributed by atoms with E-state index in [0.717, 1.165) is 16.7 Å². The quantitative estimate of drug-likeness (QED) is 0.732. The van der Waals surface area contributed by atoms with Crippen molar-refractivity contribution in [3.05, 3.63) is 70.3 Å². The standard InChI is InChI=1S/C24H29NO5/c1-15-11-16(2)13-19(12-15)21(26)25-20(23(28)29-6)14-17-7-9-18(10-8-17)22(27)30-24(3,4)5/h7-13,20H,14H2,1-6H3,(H,25,26)/t20-/m0/s1. The van der Waals surface area contributed by atoms with Crippen molar-refractivity contribution in [2.24, 2.45) is 0 Å². The summed E-state index contributed by atoms with van der Waals surface area (Å²) in [5.74, 6) is -1.30. The molecular formula is C24H29NO5. The Kier molecular flexibility index (Phi) is 7.38. The molecule has 0 saturated carbocycles. The van der Waals surface area contributed by atoms with E-state index < -0.39 is 23.6 Å². The Hall–Kier alpha value is -3.15. The summed E-state index contributed by atoms with van der Waals surface area (Å²) in [7, 11) is 1.28. The van der Waals surface area contributed by atoms with Crippen molar-refractivity contribution in [2.45, 2.75) is 52.7 Å². The zero-order valence-corrected chi connectivity index (χ0v) is 18.4. The molecule has 2 aromatic rings. The van der Waals surface area contributed by atoms with E-state index in [1.165, 1.54) is 7.11 Å². The minimum absolute atomic E-state index is 0.234. The van der Waals surface area contributed by atoms with Gasteiger partial charge in [-0.1, -0.05) is 29.3 Å². The maximum Gasteiger partial charge on any atom is 0.338 e. The minimum Gasteiger partial charge on any atom is -0.467 e. The van der Waals surface area contributed by atoms with Gasteiger partial charge in [0.25, 0.3) is 5.91 Å². The molecule has 160 valence electrons. The monoisotopic (exact) mass is 411 g/mol. The van der Waals surface area contributed by atoms with Crippen LogP contribution in [-0.4, -0.2) is 36.6 Å². The second-order valence-electron chi connectivity index (χ2n) is 8.33. The molecular weight excluding hydrogens is 382 g/mol. The van der Waals surface area contributed by atoms with Gasteiger partial charge < -0.3 is 14.8 Å². The van der Waals surface area contributed by atoms with Crippen LogP contribution in [0.5, 0.6) is 0 Å². The lowest BCUT2D eigenvalue weighted by atomic mass is 10.0. The Bertz CT molecular complexity index is 905. The fraction of sp³-hybridized carbons (Fsp3) is 0.375. The molecule has 1 atom stereocenters. The zero-order valence-electron chi connectivity index (χ0n) is 18.4. The van der Waals surface area contributed by atoms with Crippen LogP contribution in [0.4, 0.5) is 0 Å². The molecule has 30 heavy (non-hydrogen) atoms. The van der Waals surface area contributed by atoms with Crippen molar-refractivity contribution < 1.29 is 23.9 Å². The van der Waals surface area contributed by atoms with Gasteiger partial charge in [-0.15, -0.1) is 0 Å². The van der Waals surface area contributed by atoms with E-state index >= 15 is 0 Å². The number of hydrogen-bond acceptors (Lipinski definition) is 5. The third-order valence-electron chi connectivity index (χ3n) is 4.30. The fourth-order valence-corrected chi connectivity index (χ4v) is 3.03. The number of nitrogens with one attached hydrogen (secondary N) is 1. The maximum atomic E-state index is 12.7. The Morgan fingerprint density at radius 3 is 2.00 bits per heavy atom. The average molecular weight is 411 g/mol. The predicted molar refractivity (Wildman–Crippen MR) is 115 cm³/mol. The number of carbonyl (C=O) groups is 3. The second-order valence-corrected chi connectivity index (χ2v) is 8.33. The first kappa shape index (κ1) is 23.1. The number of amides is 1. The summed E-state index contributed by atoms with van der Waals surface area (Å²) in [4.78, 5) is 37.1. The first-order valence-corrected chi connectivity index (χ1v) is 9.78. The molecule has 1 amide bonds. The number of aryl methyl sites for hydroxylation is 2. The highest BCUT2D eigenvalue weighted by Gasteiger charge is 2.23. The van der Waals surface area contributed by atoms with Gasteiger partial charge in [-0.05, 0) is 64.4 Å². The van der Waals surface area contributed by atoms with Crippen molar-refractivity contribution in [3.8, 4) is 0 Å². The van der Waals surface area contributed by atoms with Crippen molar-refractivity contribution >= 4 is 17.8 Å². The molecule has 0 fully saturated rings. The van der Waals surface area contributed by atoms with Crippen LogP contribution in [0.3, 0.4) is 0 Å². The van der Waals surface area contributed by atoms with Gasteiger partial charge in [-0.25, -0.2) is 9.59 Å². The van der Waals surface area contributed by atoms with Gasteiger partial charge in [0.05, 0.1) is 12.7 Å². The largest absolute Gasteiger partial charge is 0.467 e. The van der Waals surface area contributed by atoms with Crippen molar-refractivity contribution in [3.63, 3.8) is 0 Å². The topological polar surface area (TPSA) is 81.7 Å². The lowest BCUT2D eigenvalue weighted by Crippen LogP contribution is -2.43. The van der Waals surface area contributed by atoms with Gasteiger partial charge >= 0.3 is 11.9 Å². The Labute approximate surface area is 177 Å². The van der Waals surface area contributed by atoms with Crippen LogP contribution >= 0.6 is 0 Å². The molecule has 0 aliphatic carbocycles. The minimum atomic E-state index is -0.851. The molecule has 2 aromatic carbocycles. The molecule has 0 unspecified atom stereocenters. The Morgan fingerprint density at radius 2 is 1.50 bits per heavy atom. The first-order valence-electron chi connectivity index (χ1n) is 9.78. The van der Waals surface area contributed by atoms with E-state index in [1.54, 1.807) is 57.2 Å². The van der Waals surface area contributed by atoms with E-state index in [4.69, 9.17) is 9.47 Å². The number of benzene rings is 2. The second kappa shape index (κ2) is 9.57. The highest BCUT2D eigenvalue weighted by molar-refractivity contribution is 5.97. The summed E-state index contributed by atoms with van der Waals surface area (Å²) in [5, 5.41) is 2.75. The summed E-state index contributed by atoms with van der Waals surface area (Å²) in [5.41, 5.74) is 3.03. The molecule has 0 aliphatic heterocycles. The van der Waals surface area contributed by atoms with Crippen LogP contribution in [0.2, 0.25) is 0 Å². The smallest absolute Gasteiger partial charge is 0.338 e. The molecule has 0 aliphatic rings. The number of esters is 2. The summed E-state index contributed by atoms with van der Waals surface area (Å²) in [6.45, 7) is 9.23. The molecule has 6 nitrogen and oxygen atoms in total. The lowest BCUT2D eigenvalue weighted by molar-refractivity contribution is -0.142. The Balaban J connectivity index is 2.14. The van der Waals surface area contributed by atoms with Crippen molar-refractivity contribution in [1.82, 2.24) is 5.32 Å². The Morgan fingerprint density at radius 1 is 0.933 bits per heavy atom. The van der Waals surface area contributed by atoms with E-state index in [2.05, 4.69) is 5.32 Å². The maximum absolute atomic E-state index is 12.7. The third kappa shape index (κ3) is 6.72. The number of carbonyl (C=O) groups excluding carboxylic acids is 3. The van der Waals surface area contributed by atoms with Crippen LogP contribution in [0, 0.1) is 13.8 Å². The number of hydrogen-bond donors (Lipinski definition) is 1. The van der Waals surface area contributed by atoms with Crippen molar-refractivity contribution in [1.29, 1.82) is 0 Å². The van der Waals surface area contributed by atoms with Gasteiger partial charge in [0, 0.05) is 12.0 Å². The molecule has 0 saturated heterocycles. The van der Waals surface area contributed by atoms with E-state index in [9.17, 15) is 14.4 Å². The van der Waals surface area contributed by atoms with Crippen LogP contribution in [0.1, 0.15) is 58.2 Å². The molecule has 0 radical (unpaired) electrons. The van der Waals surface area contributed by atoms with Gasteiger partial charge in [-0.2, -0.15) is 0 Å². The zero-order chi connectivity index (χ0) is 22.5. The van der Waals surface area contributed by atoms with Crippen LogP contribution in [0.25, 0.3) is 0 Å². The molecule has 0 spiro atoms. The van der Waals surface area contributed by atoms with E-state index in [1.807, 2.05) is 19.9 Å². The van der Waals surface area contributed by atoms with E-state index in [0.29, 0.717) is 11.1 Å². The van der Waals surface area contributed by atoms with Gasteiger partial charge in [-0.3, -0.25) is 4.79 Å². The molecule has 0 aromatic heterocycles. The number of rotatable bonds is 6. The van der Waals surface area contributed by atoms with Gasteiger partial charge in [0.15, 0.2) is 0 Å². The van der Waals surface area contributed by atoms with Crippen LogP contribution in [-0.2, 0) is 20.7 Å². The molecule has 0 heterocycles. The average Bonchev–Trinajstić information content (AvgIpc) is 2.65. The highest BCUT2D eigenvalue weighted by Crippen LogP contribution is 2.15. The molecule has 6 heteroatoms. The summed E-state index contributed by atoms with van der Waals surface area (Å²) in [6.07, 6.45) is 0.234. The number of ether oxygens (including phenoxy) is 2. The molecule has 0 bridgehead atoms. The van der Waals surface area contributed by atoms with Crippen LogP contribution in [0.15, 0.2) is 42.5 Å². The van der Waals surface area contributed by atoms with Crippen molar-refractivity contribution in [2.75, 3.05) is 7.11 Å². The summed E-state index contributed by atoms with van der Waals surface area (Å²) >= 11 is 0.